The van der Waals surface area contributed by atoms with Crippen LogP contribution in [0, 0.1) is 0 Å². The number of aliphatic carboxylic acids is 1. The summed E-state index contributed by atoms with van der Waals surface area (Å²) in [5.41, 5.74) is -1.13. The fourth-order valence-corrected chi connectivity index (χ4v) is 1.63. The zero-order chi connectivity index (χ0) is 15.5. The molecule has 0 spiro atoms. The van der Waals surface area contributed by atoms with Gasteiger partial charge in [-0.1, -0.05) is 6.07 Å². The molecule has 1 amide bonds. The van der Waals surface area contributed by atoms with Crippen LogP contribution in [0.15, 0.2) is 24.3 Å². The van der Waals surface area contributed by atoms with E-state index in [-0.39, 0.29) is 5.56 Å². The monoisotopic (exact) mass is 289 g/mol. The molecule has 1 aromatic carbocycles. The summed E-state index contributed by atoms with van der Waals surface area (Å²) >= 11 is 0. The van der Waals surface area contributed by atoms with Crippen LogP contribution in [0.1, 0.15) is 29.8 Å². The summed E-state index contributed by atoms with van der Waals surface area (Å²) in [6.45, 7) is 2.62. The largest absolute Gasteiger partial charge is 0.480 e. The van der Waals surface area contributed by atoms with Gasteiger partial charge in [-0.2, -0.15) is 13.2 Å². The van der Waals surface area contributed by atoms with Crippen molar-refractivity contribution in [2.24, 2.45) is 0 Å². The lowest BCUT2D eigenvalue weighted by Gasteiger charge is -2.25. The van der Waals surface area contributed by atoms with Crippen LogP contribution in [0.5, 0.6) is 0 Å². The molecule has 0 atom stereocenters. The van der Waals surface area contributed by atoms with E-state index in [2.05, 4.69) is 0 Å². The lowest BCUT2D eigenvalue weighted by atomic mass is 10.1. The molecular formula is C13H14F3NO3. The van der Waals surface area contributed by atoms with E-state index in [0.29, 0.717) is 0 Å². The van der Waals surface area contributed by atoms with Gasteiger partial charge in [0.05, 0.1) is 5.56 Å². The Morgan fingerprint density at radius 2 is 1.90 bits per heavy atom. The molecule has 20 heavy (non-hydrogen) atoms. The average molecular weight is 289 g/mol. The van der Waals surface area contributed by atoms with Crippen molar-refractivity contribution in [1.29, 1.82) is 0 Å². The normalized spacial score (nSPS) is 11.5. The van der Waals surface area contributed by atoms with E-state index in [0.717, 1.165) is 23.1 Å². The standard InChI is InChI=1S/C13H14F3NO3/c1-8(2)17(7-11(18)19)12(20)9-4-3-5-10(6-9)13(14,15)16/h3-6,8H,7H2,1-2H3,(H,18,19). The number of hydrogen-bond donors (Lipinski definition) is 1. The van der Waals surface area contributed by atoms with Crippen molar-refractivity contribution in [1.82, 2.24) is 4.90 Å². The first-order valence-electron chi connectivity index (χ1n) is 5.83. The first-order valence-corrected chi connectivity index (χ1v) is 5.83. The van der Waals surface area contributed by atoms with Crippen molar-refractivity contribution >= 4 is 11.9 Å². The molecule has 7 heteroatoms. The second-order valence-corrected chi connectivity index (χ2v) is 4.50. The molecule has 0 aliphatic heterocycles. The molecule has 1 N–H and O–H groups in total. The van der Waals surface area contributed by atoms with Crippen LogP contribution < -0.4 is 0 Å². The summed E-state index contributed by atoms with van der Waals surface area (Å²) in [7, 11) is 0. The molecule has 0 aliphatic rings. The number of rotatable bonds is 4. The second kappa shape index (κ2) is 5.94. The number of carbonyl (C=O) groups is 2. The Kier molecular flexibility index (Phi) is 4.75. The highest BCUT2D eigenvalue weighted by Gasteiger charge is 2.31. The summed E-state index contributed by atoms with van der Waals surface area (Å²) in [5.74, 6) is -1.97. The molecule has 110 valence electrons. The van der Waals surface area contributed by atoms with Gasteiger partial charge < -0.3 is 10.0 Å². The van der Waals surface area contributed by atoms with E-state index in [1.165, 1.54) is 6.07 Å². The Bertz CT molecular complexity index is 512. The molecule has 0 aliphatic carbocycles. The van der Waals surface area contributed by atoms with Crippen molar-refractivity contribution in [3.8, 4) is 0 Å². The molecule has 0 saturated heterocycles. The highest BCUT2D eigenvalue weighted by atomic mass is 19.4. The van der Waals surface area contributed by atoms with Crippen LogP contribution in [-0.4, -0.2) is 34.5 Å². The molecule has 4 nitrogen and oxygen atoms in total. The predicted molar refractivity (Wildman–Crippen MR) is 65.3 cm³/mol. The Morgan fingerprint density at radius 1 is 1.30 bits per heavy atom. The Labute approximate surface area is 113 Å². The van der Waals surface area contributed by atoms with Crippen LogP contribution in [0.2, 0.25) is 0 Å². The number of alkyl halides is 3. The van der Waals surface area contributed by atoms with Crippen LogP contribution in [0.3, 0.4) is 0 Å². The third-order valence-corrected chi connectivity index (χ3v) is 2.63. The number of amides is 1. The van der Waals surface area contributed by atoms with Gasteiger partial charge in [0.25, 0.3) is 5.91 Å². The number of carbonyl (C=O) groups excluding carboxylic acids is 1. The fraction of sp³-hybridized carbons (Fsp3) is 0.385. The van der Waals surface area contributed by atoms with Gasteiger partial charge in [0.2, 0.25) is 0 Å². The second-order valence-electron chi connectivity index (χ2n) is 4.50. The maximum atomic E-state index is 12.6. The molecule has 0 radical (unpaired) electrons. The highest BCUT2D eigenvalue weighted by Crippen LogP contribution is 2.29. The third-order valence-electron chi connectivity index (χ3n) is 2.63. The predicted octanol–water partition coefficient (Wildman–Crippen LogP) is 2.64. The van der Waals surface area contributed by atoms with Gasteiger partial charge in [0.1, 0.15) is 6.54 Å². The topological polar surface area (TPSA) is 57.6 Å². The summed E-state index contributed by atoms with van der Waals surface area (Å²) in [6.07, 6.45) is -4.55. The quantitative estimate of drug-likeness (QED) is 0.927. The molecule has 0 fully saturated rings. The molecule has 0 bridgehead atoms. The molecule has 1 aromatic rings. The molecule has 1 rings (SSSR count). The Hall–Kier alpha value is -2.05. The van der Waals surface area contributed by atoms with Crippen LogP contribution in [-0.2, 0) is 11.0 Å². The fourth-order valence-electron chi connectivity index (χ4n) is 1.63. The van der Waals surface area contributed by atoms with Crippen molar-refractivity contribution in [3.63, 3.8) is 0 Å². The van der Waals surface area contributed by atoms with Crippen molar-refractivity contribution < 1.29 is 27.9 Å². The summed E-state index contributed by atoms with van der Waals surface area (Å²) in [4.78, 5) is 23.8. The van der Waals surface area contributed by atoms with E-state index < -0.39 is 36.2 Å². The number of nitrogens with zero attached hydrogens (tertiary/aromatic N) is 1. The smallest absolute Gasteiger partial charge is 0.416 e. The molecule has 0 aromatic heterocycles. The van der Waals surface area contributed by atoms with Gasteiger partial charge in [-0.3, -0.25) is 9.59 Å². The van der Waals surface area contributed by atoms with Gasteiger partial charge >= 0.3 is 12.1 Å². The van der Waals surface area contributed by atoms with Crippen LogP contribution in [0.4, 0.5) is 13.2 Å². The number of carboxylic acids is 1. The number of halogens is 3. The number of benzene rings is 1. The minimum absolute atomic E-state index is 0.185. The lowest BCUT2D eigenvalue weighted by Crippen LogP contribution is -2.40. The van der Waals surface area contributed by atoms with Gasteiger partial charge in [0, 0.05) is 11.6 Å². The van der Waals surface area contributed by atoms with E-state index >= 15 is 0 Å². The van der Waals surface area contributed by atoms with E-state index in [1.807, 2.05) is 0 Å². The van der Waals surface area contributed by atoms with E-state index in [1.54, 1.807) is 13.8 Å². The van der Waals surface area contributed by atoms with Crippen molar-refractivity contribution in [3.05, 3.63) is 35.4 Å². The molecular weight excluding hydrogens is 275 g/mol. The summed E-state index contributed by atoms with van der Waals surface area (Å²) in [6, 6.07) is 3.49. The summed E-state index contributed by atoms with van der Waals surface area (Å²) < 4.78 is 37.7. The van der Waals surface area contributed by atoms with E-state index in [4.69, 9.17) is 5.11 Å². The maximum Gasteiger partial charge on any atom is 0.416 e. The Morgan fingerprint density at radius 3 is 2.35 bits per heavy atom. The zero-order valence-electron chi connectivity index (χ0n) is 10.9. The minimum atomic E-state index is -4.55. The first-order chi connectivity index (χ1) is 9.12. The number of carboxylic acid groups (broad SMARTS) is 1. The van der Waals surface area contributed by atoms with Crippen molar-refractivity contribution in [2.75, 3.05) is 6.54 Å². The maximum absolute atomic E-state index is 12.6. The number of hydrogen-bond acceptors (Lipinski definition) is 2. The summed E-state index contributed by atoms with van der Waals surface area (Å²) in [5, 5.41) is 8.74. The van der Waals surface area contributed by atoms with Crippen LogP contribution in [0.25, 0.3) is 0 Å². The zero-order valence-corrected chi connectivity index (χ0v) is 10.9. The third kappa shape index (κ3) is 3.97. The Balaban J connectivity index is 3.09. The minimum Gasteiger partial charge on any atom is -0.480 e. The van der Waals surface area contributed by atoms with Gasteiger partial charge in [-0.15, -0.1) is 0 Å². The average Bonchev–Trinajstić information content (AvgIpc) is 2.33. The molecule has 0 saturated carbocycles. The van der Waals surface area contributed by atoms with Gasteiger partial charge in [-0.25, -0.2) is 0 Å². The van der Waals surface area contributed by atoms with E-state index in [9.17, 15) is 22.8 Å². The highest BCUT2D eigenvalue weighted by molar-refractivity contribution is 5.96. The SMILES string of the molecule is CC(C)N(CC(=O)O)C(=O)c1cccc(C(F)(F)F)c1. The van der Waals surface area contributed by atoms with Crippen molar-refractivity contribution in [2.45, 2.75) is 26.1 Å². The van der Waals surface area contributed by atoms with Gasteiger partial charge in [0.15, 0.2) is 0 Å². The first kappa shape index (κ1) is 16.0. The lowest BCUT2D eigenvalue weighted by molar-refractivity contribution is -0.139. The molecule has 0 heterocycles. The van der Waals surface area contributed by atoms with Gasteiger partial charge in [-0.05, 0) is 32.0 Å². The molecule has 0 unspecified atom stereocenters. The van der Waals surface area contributed by atoms with Crippen LogP contribution >= 0.6 is 0 Å².